The molecule has 0 aromatic rings. The molecule has 3 bridgehead atoms. The Bertz CT molecular complexity index is 738. The van der Waals surface area contributed by atoms with Crippen LogP contribution in [0.2, 0.25) is 0 Å². The first-order valence-electron chi connectivity index (χ1n) is 10.8. The van der Waals surface area contributed by atoms with E-state index in [-0.39, 0.29) is 11.9 Å². The van der Waals surface area contributed by atoms with Crippen molar-refractivity contribution in [3.05, 3.63) is 34.8 Å². The predicted octanol–water partition coefficient (Wildman–Crippen LogP) is 3.43. The largest absolute Gasteiger partial charge is 0.400 e. The normalized spacial score (nSPS) is 44.0. The molecular formula is C23H35N3O2. The zero-order chi connectivity index (χ0) is 20.0. The smallest absolute Gasteiger partial charge is 0.224 e. The second kappa shape index (κ2) is 7.58. The molecule has 3 saturated carbocycles. The van der Waals surface area contributed by atoms with Gasteiger partial charge in [-0.05, 0) is 81.1 Å². The summed E-state index contributed by atoms with van der Waals surface area (Å²) in [5.41, 5.74) is 16.0. The number of hydrogen-bond acceptors (Lipinski definition) is 4. The number of hydrogen-bond donors (Lipinski definition) is 2. The summed E-state index contributed by atoms with van der Waals surface area (Å²) in [7, 11) is 1.83. The summed E-state index contributed by atoms with van der Waals surface area (Å²) in [5, 5.41) is 0. The van der Waals surface area contributed by atoms with Crippen LogP contribution >= 0.6 is 0 Å². The molecule has 1 amide bonds. The lowest BCUT2D eigenvalue weighted by atomic mass is 9.74. The topological polar surface area (TPSA) is 81.6 Å². The van der Waals surface area contributed by atoms with Crippen LogP contribution in [0.3, 0.4) is 0 Å². The summed E-state index contributed by atoms with van der Waals surface area (Å²) in [4.78, 5) is 15.1. The van der Waals surface area contributed by atoms with Gasteiger partial charge in [-0.25, -0.2) is 0 Å². The van der Waals surface area contributed by atoms with Crippen molar-refractivity contribution in [1.29, 1.82) is 0 Å². The van der Waals surface area contributed by atoms with Crippen LogP contribution in [0.5, 0.6) is 0 Å². The molecule has 5 unspecified atom stereocenters. The van der Waals surface area contributed by atoms with Gasteiger partial charge in [0.15, 0.2) is 0 Å². The minimum atomic E-state index is 0.0745. The van der Waals surface area contributed by atoms with Crippen molar-refractivity contribution in [3.8, 4) is 0 Å². The van der Waals surface area contributed by atoms with Crippen molar-refractivity contribution in [3.63, 3.8) is 0 Å². The number of nitrogens with zero attached hydrogens (tertiary/aromatic N) is 1. The van der Waals surface area contributed by atoms with Gasteiger partial charge < -0.3 is 21.1 Å². The molecule has 5 nitrogen and oxygen atoms in total. The van der Waals surface area contributed by atoms with E-state index < -0.39 is 0 Å². The second-order valence-corrected chi connectivity index (χ2v) is 9.37. The number of methoxy groups -OCH3 is 1. The maximum atomic E-state index is 13.0. The SMILES string of the molecule is COC1CC2CC3CC(C[C@H]3C1)C2N(C(C)=O)C1=C(C)/C=C/CC/C(N)=C\1N. The number of fused-ring (bicyclic) bond motifs is 2. The van der Waals surface area contributed by atoms with Gasteiger partial charge in [0.2, 0.25) is 5.91 Å². The van der Waals surface area contributed by atoms with Crippen LogP contribution in [0, 0.1) is 23.7 Å². The van der Waals surface area contributed by atoms with E-state index in [9.17, 15) is 4.79 Å². The van der Waals surface area contributed by atoms with Crippen LogP contribution < -0.4 is 11.5 Å². The molecule has 4 aliphatic carbocycles. The Balaban J connectivity index is 1.78. The Kier molecular flexibility index (Phi) is 5.30. The number of rotatable bonds is 3. The van der Waals surface area contributed by atoms with Crippen LogP contribution in [0.1, 0.15) is 58.8 Å². The maximum Gasteiger partial charge on any atom is 0.224 e. The Morgan fingerprint density at radius 2 is 1.68 bits per heavy atom. The summed E-state index contributed by atoms with van der Waals surface area (Å²) in [6.07, 6.45) is 12.0. The molecule has 4 rings (SSSR count). The lowest BCUT2D eigenvalue weighted by Crippen LogP contribution is -2.50. The third-order valence-electron chi connectivity index (χ3n) is 7.71. The molecule has 0 heterocycles. The lowest BCUT2D eigenvalue weighted by molar-refractivity contribution is -0.132. The summed E-state index contributed by atoms with van der Waals surface area (Å²) in [5.74, 6) is 2.63. The number of carbonyl (C=O) groups excluding carboxylic acids is 1. The molecule has 0 aromatic carbocycles. The minimum Gasteiger partial charge on any atom is -0.400 e. The van der Waals surface area contributed by atoms with Crippen molar-refractivity contribution in [2.24, 2.45) is 35.1 Å². The summed E-state index contributed by atoms with van der Waals surface area (Å²) in [6.45, 7) is 3.73. The Morgan fingerprint density at radius 1 is 1.07 bits per heavy atom. The fourth-order valence-corrected chi connectivity index (χ4v) is 6.56. The first kappa shape index (κ1) is 19.6. The fraction of sp³-hybridized carbons (Fsp3) is 0.696. The zero-order valence-corrected chi connectivity index (χ0v) is 17.5. The van der Waals surface area contributed by atoms with E-state index in [2.05, 4.69) is 19.1 Å². The monoisotopic (exact) mass is 385 g/mol. The molecule has 3 fully saturated rings. The van der Waals surface area contributed by atoms with Crippen LogP contribution in [0.25, 0.3) is 0 Å². The molecule has 154 valence electrons. The number of nitrogens with two attached hydrogens (primary N) is 2. The number of carbonyl (C=O) groups is 1. The highest BCUT2D eigenvalue weighted by Crippen LogP contribution is 2.56. The van der Waals surface area contributed by atoms with Crippen LogP contribution in [-0.2, 0) is 9.53 Å². The lowest BCUT2D eigenvalue weighted by Gasteiger charge is -2.45. The van der Waals surface area contributed by atoms with E-state index >= 15 is 0 Å². The summed E-state index contributed by atoms with van der Waals surface area (Å²) >= 11 is 0. The average molecular weight is 386 g/mol. The van der Waals surface area contributed by atoms with Gasteiger partial charge in [0.25, 0.3) is 0 Å². The second-order valence-electron chi connectivity index (χ2n) is 9.37. The zero-order valence-electron chi connectivity index (χ0n) is 17.5. The van der Waals surface area contributed by atoms with Gasteiger partial charge in [0.1, 0.15) is 0 Å². The third kappa shape index (κ3) is 3.28. The first-order chi connectivity index (χ1) is 13.4. The van der Waals surface area contributed by atoms with Gasteiger partial charge in [-0.15, -0.1) is 0 Å². The maximum absolute atomic E-state index is 13.0. The molecule has 0 aliphatic heterocycles. The molecule has 5 heteroatoms. The molecule has 0 spiro atoms. The van der Waals surface area contributed by atoms with Crippen LogP contribution in [-0.4, -0.2) is 30.1 Å². The fourth-order valence-electron chi connectivity index (χ4n) is 6.56. The molecule has 4 aliphatic rings. The van der Waals surface area contributed by atoms with Crippen molar-refractivity contribution in [2.45, 2.75) is 70.9 Å². The third-order valence-corrected chi connectivity index (χ3v) is 7.71. The number of amides is 1. The van der Waals surface area contributed by atoms with E-state index in [1.54, 1.807) is 6.92 Å². The quantitative estimate of drug-likeness (QED) is 0.780. The Labute approximate surface area is 168 Å². The van der Waals surface area contributed by atoms with E-state index in [1.165, 1.54) is 25.7 Å². The highest BCUT2D eigenvalue weighted by Gasteiger charge is 2.53. The standard InChI is InChI=1S/C23H35N3O2/c1-13-6-4-5-7-20(24)21(25)22(13)26(14(2)27)23-17-8-15-9-18(23)12-19(28-3)11-16(15)10-17/h4,6,15-19,23H,5,7-12,24-25H2,1-3H3/b6-4+,21-20-,22-13+/t15?,16-,17?,18?,19?,23?/m0/s1. The van der Waals surface area contributed by atoms with Crippen LogP contribution in [0.15, 0.2) is 34.8 Å². The Hall–Kier alpha value is -1.75. The molecule has 28 heavy (non-hydrogen) atoms. The van der Waals surface area contributed by atoms with Gasteiger partial charge in [-0.1, -0.05) is 12.2 Å². The highest BCUT2D eigenvalue weighted by molar-refractivity contribution is 5.77. The summed E-state index contributed by atoms with van der Waals surface area (Å²) < 4.78 is 5.82. The molecule has 6 atom stereocenters. The molecular weight excluding hydrogens is 350 g/mol. The molecule has 0 saturated heterocycles. The van der Waals surface area contributed by atoms with Gasteiger partial charge in [0.05, 0.1) is 17.5 Å². The highest BCUT2D eigenvalue weighted by atomic mass is 16.5. The van der Waals surface area contributed by atoms with E-state index in [1.807, 2.05) is 12.0 Å². The predicted molar refractivity (Wildman–Crippen MR) is 111 cm³/mol. The average Bonchev–Trinajstić information content (AvgIpc) is 2.90. The first-order valence-corrected chi connectivity index (χ1v) is 10.8. The molecule has 0 aromatic heterocycles. The number of allylic oxidation sites excluding steroid dienone is 4. The van der Waals surface area contributed by atoms with Gasteiger partial charge >= 0.3 is 0 Å². The van der Waals surface area contributed by atoms with Gasteiger partial charge in [0, 0.05) is 25.8 Å². The molecule has 0 radical (unpaired) electrons. The minimum absolute atomic E-state index is 0.0745. The van der Waals surface area contributed by atoms with Gasteiger partial charge in [-0.2, -0.15) is 0 Å². The number of ether oxygens (including phenoxy) is 1. The van der Waals surface area contributed by atoms with Crippen molar-refractivity contribution in [1.82, 2.24) is 4.90 Å². The van der Waals surface area contributed by atoms with E-state index in [0.717, 1.165) is 42.4 Å². The van der Waals surface area contributed by atoms with Crippen LogP contribution in [0.4, 0.5) is 0 Å². The molecule has 4 N–H and O–H groups in total. The Morgan fingerprint density at radius 3 is 2.32 bits per heavy atom. The van der Waals surface area contributed by atoms with E-state index in [0.29, 0.717) is 29.3 Å². The van der Waals surface area contributed by atoms with Crippen molar-refractivity contribution < 1.29 is 9.53 Å². The van der Waals surface area contributed by atoms with E-state index in [4.69, 9.17) is 16.2 Å². The van der Waals surface area contributed by atoms with Crippen molar-refractivity contribution in [2.75, 3.05) is 7.11 Å². The van der Waals surface area contributed by atoms with Gasteiger partial charge in [-0.3, -0.25) is 4.79 Å². The summed E-state index contributed by atoms with van der Waals surface area (Å²) in [6, 6.07) is 0.195. The van der Waals surface area contributed by atoms with Crippen molar-refractivity contribution >= 4 is 5.91 Å².